The molecule has 2 aromatic rings. The van der Waals surface area contributed by atoms with Gasteiger partial charge in [0, 0.05) is 11.1 Å². The molecular formula is C22H16N2O6. The highest BCUT2D eigenvalue weighted by Gasteiger charge is 2.57. The normalized spacial score (nSPS) is 21.8. The Morgan fingerprint density at radius 1 is 1.10 bits per heavy atom. The van der Waals surface area contributed by atoms with E-state index in [1.807, 2.05) is 30.3 Å². The molecule has 3 aliphatic rings. The van der Waals surface area contributed by atoms with Crippen molar-refractivity contribution in [2.75, 3.05) is 18.6 Å². The highest BCUT2D eigenvalue weighted by Crippen LogP contribution is 2.38. The summed E-state index contributed by atoms with van der Waals surface area (Å²) in [7, 11) is 1.24. The van der Waals surface area contributed by atoms with Gasteiger partial charge in [0.25, 0.3) is 5.91 Å². The van der Waals surface area contributed by atoms with E-state index in [2.05, 4.69) is 5.16 Å². The number of ether oxygens (including phenoxy) is 2. The molecule has 8 nitrogen and oxygen atoms in total. The van der Waals surface area contributed by atoms with E-state index in [4.69, 9.17) is 14.3 Å². The van der Waals surface area contributed by atoms with Crippen LogP contribution in [0.4, 0.5) is 5.69 Å². The molecule has 1 saturated heterocycles. The minimum Gasteiger partial charge on any atom is -0.488 e. The number of hydrogen-bond donors (Lipinski definition) is 0. The molecule has 5 rings (SSSR count). The first-order chi connectivity index (χ1) is 14.6. The Kier molecular flexibility index (Phi) is 4.13. The lowest BCUT2D eigenvalue weighted by molar-refractivity contribution is -0.126. The minimum absolute atomic E-state index is 0.120. The van der Waals surface area contributed by atoms with Crippen LogP contribution in [0.3, 0.4) is 0 Å². The van der Waals surface area contributed by atoms with E-state index in [9.17, 15) is 14.4 Å². The van der Waals surface area contributed by atoms with Crippen molar-refractivity contribution in [2.45, 2.75) is 6.10 Å². The number of para-hydroxylation sites is 2. The van der Waals surface area contributed by atoms with Gasteiger partial charge in [-0.25, -0.2) is 9.69 Å². The van der Waals surface area contributed by atoms with Gasteiger partial charge >= 0.3 is 5.97 Å². The van der Waals surface area contributed by atoms with Gasteiger partial charge in [-0.05, 0) is 24.3 Å². The molecule has 150 valence electrons. The number of anilines is 1. The first-order valence-corrected chi connectivity index (χ1v) is 9.32. The fourth-order valence-corrected chi connectivity index (χ4v) is 3.89. The molecule has 1 fully saturated rings. The highest BCUT2D eigenvalue weighted by molar-refractivity contribution is 6.33. The lowest BCUT2D eigenvalue weighted by Crippen LogP contribution is -2.35. The molecule has 0 aliphatic carbocycles. The van der Waals surface area contributed by atoms with E-state index >= 15 is 0 Å². The predicted octanol–water partition coefficient (Wildman–Crippen LogP) is 2.19. The summed E-state index contributed by atoms with van der Waals surface area (Å²) in [4.78, 5) is 44.7. The maximum Gasteiger partial charge on any atom is 0.339 e. The van der Waals surface area contributed by atoms with Crippen molar-refractivity contribution in [3.63, 3.8) is 0 Å². The number of carbonyl (C=O) groups is 3. The van der Waals surface area contributed by atoms with Gasteiger partial charge in [0.2, 0.25) is 12.0 Å². The third kappa shape index (κ3) is 2.61. The lowest BCUT2D eigenvalue weighted by atomic mass is 9.92. The summed E-state index contributed by atoms with van der Waals surface area (Å²) in [6, 6.07) is 13.8. The molecule has 2 aromatic carbocycles. The van der Waals surface area contributed by atoms with Crippen molar-refractivity contribution < 1.29 is 28.7 Å². The van der Waals surface area contributed by atoms with Crippen LogP contribution < -0.4 is 9.64 Å². The Balaban J connectivity index is 1.51. The van der Waals surface area contributed by atoms with Gasteiger partial charge in [-0.1, -0.05) is 35.5 Å². The van der Waals surface area contributed by atoms with Crippen molar-refractivity contribution in [3.05, 3.63) is 65.2 Å². The quantitative estimate of drug-likeness (QED) is 0.575. The van der Waals surface area contributed by atoms with E-state index in [0.29, 0.717) is 11.3 Å². The second kappa shape index (κ2) is 6.84. The van der Waals surface area contributed by atoms with Crippen LogP contribution in [0.25, 0.3) is 6.08 Å². The number of methoxy groups -OCH3 is 1. The molecule has 30 heavy (non-hydrogen) atoms. The maximum atomic E-state index is 13.3. The maximum absolute atomic E-state index is 13.3. The van der Waals surface area contributed by atoms with Crippen LogP contribution >= 0.6 is 0 Å². The van der Waals surface area contributed by atoms with Gasteiger partial charge in [0.15, 0.2) is 0 Å². The number of oxime groups is 1. The van der Waals surface area contributed by atoms with E-state index in [0.717, 1.165) is 16.2 Å². The average molecular weight is 404 g/mol. The monoisotopic (exact) mass is 404 g/mol. The van der Waals surface area contributed by atoms with Crippen molar-refractivity contribution in [1.29, 1.82) is 0 Å². The lowest BCUT2D eigenvalue weighted by Gasteiger charge is -2.20. The van der Waals surface area contributed by atoms with E-state index in [1.54, 1.807) is 12.1 Å². The van der Waals surface area contributed by atoms with E-state index in [-0.39, 0.29) is 17.9 Å². The molecule has 0 bridgehead atoms. The molecule has 3 aliphatic heterocycles. The number of fused-ring (bicyclic) bond motifs is 2. The summed E-state index contributed by atoms with van der Waals surface area (Å²) in [5.74, 6) is -1.88. The zero-order valence-corrected chi connectivity index (χ0v) is 15.9. The topological polar surface area (TPSA) is 94.5 Å². The molecule has 0 radical (unpaired) electrons. The van der Waals surface area contributed by atoms with Gasteiger partial charge in [0.05, 0.1) is 18.4 Å². The summed E-state index contributed by atoms with van der Waals surface area (Å²) in [5.41, 5.74) is 2.18. The highest BCUT2D eigenvalue weighted by atomic mass is 16.7. The summed E-state index contributed by atoms with van der Waals surface area (Å²) in [5, 5.41) is 4.03. The number of hydrogen-bond acceptors (Lipinski definition) is 7. The molecule has 0 N–H and O–H groups in total. The Labute approximate surface area is 171 Å². The summed E-state index contributed by atoms with van der Waals surface area (Å²) in [6.07, 6.45) is 0.808. The Hall–Kier alpha value is -3.94. The molecule has 2 atom stereocenters. The van der Waals surface area contributed by atoms with Crippen LogP contribution in [-0.2, 0) is 19.2 Å². The van der Waals surface area contributed by atoms with Crippen LogP contribution in [0.1, 0.15) is 15.9 Å². The van der Waals surface area contributed by atoms with Crippen molar-refractivity contribution >= 4 is 35.3 Å². The first kappa shape index (κ1) is 18.1. The number of carbonyl (C=O) groups excluding carboxylic acids is 3. The number of amides is 2. The van der Waals surface area contributed by atoms with Crippen LogP contribution in [0.15, 0.2) is 59.3 Å². The van der Waals surface area contributed by atoms with Crippen molar-refractivity contribution in [2.24, 2.45) is 11.1 Å². The van der Waals surface area contributed by atoms with Crippen molar-refractivity contribution in [3.8, 4) is 5.75 Å². The van der Waals surface area contributed by atoms with Gasteiger partial charge in [0.1, 0.15) is 24.0 Å². The van der Waals surface area contributed by atoms with Crippen molar-refractivity contribution in [1.82, 2.24) is 0 Å². The molecule has 3 heterocycles. The summed E-state index contributed by atoms with van der Waals surface area (Å²) in [6.45, 7) is 0.211. The predicted molar refractivity (Wildman–Crippen MR) is 106 cm³/mol. The van der Waals surface area contributed by atoms with Gasteiger partial charge in [-0.3, -0.25) is 9.59 Å². The minimum atomic E-state index is -1.07. The smallest absolute Gasteiger partial charge is 0.339 e. The van der Waals surface area contributed by atoms with Crippen LogP contribution in [0.2, 0.25) is 0 Å². The third-order valence-electron chi connectivity index (χ3n) is 5.32. The molecule has 2 unspecified atom stereocenters. The van der Waals surface area contributed by atoms with Crippen LogP contribution in [0, 0.1) is 5.92 Å². The second-order valence-electron chi connectivity index (χ2n) is 7.00. The van der Waals surface area contributed by atoms with E-state index in [1.165, 1.54) is 19.2 Å². The fraction of sp³-hybridized carbons (Fsp3) is 0.182. The SMILES string of the molecule is COC(=O)c1ccccc1N1C(=O)C2ON=C(C3=Cc4ccccc4OC3)C2C1=O. The van der Waals surface area contributed by atoms with Gasteiger partial charge < -0.3 is 14.3 Å². The number of esters is 1. The number of nitrogens with zero attached hydrogens (tertiary/aromatic N) is 2. The third-order valence-corrected chi connectivity index (χ3v) is 5.32. The van der Waals surface area contributed by atoms with E-state index < -0.39 is 29.8 Å². The molecular weight excluding hydrogens is 388 g/mol. The van der Waals surface area contributed by atoms with Crippen LogP contribution in [0.5, 0.6) is 5.75 Å². The zero-order chi connectivity index (χ0) is 20.8. The Morgan fingerprint density at radius 2 is 1.87 bits per heavy atom. The Morgan fingerprint density at radius 3 is 2.70 bits per heavy atom. The summed E-state index contributed by atoms with van der Waals surface area (Å²) >= 11 is 0. The zero-order valence-electron chi connectivity index (χ0n) is 15.9. The number of benzene rings is 2. The average Bonchev–Trinajstić information content (AvgIpc) is 3.33. The standard InChI is InChI=1S/C22H16N2O6/c1-28-22(27)14-7-3-4-8-15(14)24-20(25)17-18(23-30-19(17)21(24)26)13-10-12-6-2-5-9-16(12)29-11-13/h2-10,17,19H,11H2,1H3. The number of imide groups is 1. The first-order valence-electron chi connectivity index (χ1n) is 9.32. The van der Waals surface area contributed by atoms with Crippen LogP contribution in [-0.4, -0.2) is 43.3 Å². The second-order valence-corrected chi connectivity index (χ2v) is 7.00. The molecule has 2 amide bonds. The van der Waals surface area contributed by atoms with Gasteiger partial charge in [-0.15, -0.1) is 0 Å². The fourth-order valence-electron chi connectivity index (χ4n) is 3.89. The molecule has 0 aromatic heterocycles. The van der Waals surface area contributed by atoms with Gasteiger partial charge in [-0.2, -0.15) is 0 Å². The molecule has 0 spiro atoms. The number of rotatable bonds is 3. The largest absolute Gasteiger partial charge is 0.488 e. The molecule has 0 saturated carbocycles. The summed E-state index contributed by atoms with van der Waals surface area (Å²) < 4.78 is 10.5. The molecule has 8 heteroatoms. The Bertz CT molecular complexity index is 1150.